The Bertz CT molecular complexity index is 714. The van der Waals surface area contributed by atoms with E-state index in [1.165, 1.54) is 24.3 Å². The highest BCUT2D eigenvalue weighted by Gasteiger charge is 2.18. The molecule has 6 heteroatoms. The number of nitrogen functional groups attached to an aromatic ring is 1. The van der Waals surface area contributed by atoms with Gasteiger partial charge in [-0.3, -0.25) is 4.72 Å². The van der Waals surface area contributed by atoms with Gasteiger partial charge in [-0.2, -0.15) is 0 Å². The van der Waals surface area contributed by atoms with Crippen molar-refractivity contribution >= 4 is 21.4 Å². The summed E-state index contributed by atoms with van der Waals surface area (Å²) in [6.45, 7) is 1.81. The first-order chi connectivity index (χ1) is 8.90. The largest absolute Gasteiger partial charge is 0.398 e. The van der Waals surface area contributed by atoms with Crippen molar-refractivity contribution in [3.63, 3.8) is 0 Å². The average molecular weight is 280 g/mol. The number of aryl methyl sites for hydroxylation is 1. The summed E-state index contributed by atoms with van der Waals surface area (Å²) in [6.07, 6.45) is 0. The molecule has 3 N–H and O–H groups in total. The van der Waals surface area contributed by atoms with Gasteiger partial charge in [-0.05, 0) is 36.8 Å². The highest BCUT2D eigenvalue weighted by atomic mass is 32.2. The summed E-state index contributed by atoms with van der Waals surface area (Å²) in [5, 5.41) is 0. The number of anilines is 2. The zero-order valence-electron chi connectivity index (χ0n) is 10.2. The van der Waals surface area contributed by atoms with Gasteiger partial charge in [0.2, 0.25) is 0 Å². The quantitative estimate of drug-likeness (QED) is 0.848. The van der Waals surface area contributed by atoms with E-state index in [0.717, 1.165) is 11.6 Å². The van der Waals surface area contributed by atoms with Gasteiger partial charge in [0.15, 0.2) is 0 Å². The molecule has 0 saturated heterocycles. The molecular weight excluding hydrogens is 267 g/mol. The van der Waals surface area contributed by atoms with Crippen LogP contribution in [0.1, 0.15) is 5.56 Å². The van der Waals surface area contributed by atoms with E-state index < -0.39 is 20.7 Å². The van der Waals surface area contributed by atoms with E-state index in [4.69, 9.17) is 5.73 Å². The third-order valence-electron chi connectivity index (χ3n) is 2.66. The Morgan fingerprint density at radius 2 is 1.84 bits per heavy atom. The number of benzene rings is 2. The van der Waals surface area contributed by atoms with Crippen molar-refractivity contribution in [3.05, 3.63) is 53.8 Å². The number of nitrogens with one attached hydrogen (secondary N) is 1. The molecule has 0 radical (unpaired) electrons. The lowest BCUT2D eigenvalue weighted by molar-refractivity contribution is 0.570. The fourth-order valence-electron chi connectivity index (χ4n) is 1.58. The van der Waals surface area contributed by atoms with E-state index in [1.54, 1.807) is 12.1 Å². The Balaban J connectivity index is 2.37. The van der Waals surface area contributed by atoms with Crippen LogP contribution in [0.2, 0.25) is 0 Å². The molecule has 0 unspecified atom stereocenters. The van der Waals surface area contributed by atoms with Crippen LogP contribution in [0.5, 0.6) is 0 Å². The second-order valence-electron chi connectivity index (χ2n) is 4.11. The lowest BCUT2D eigenvalue weighted by Crippen LogP contribution is -2.14. The average Bonchev–Trinajstić information content (AvgIpc) is 2.34. The molecule has 2 aromatic rings. The molecule has 100 valence electrons. The Kier molecular flexibility index (Phi) is 3.44. The van der Waals surface area contributed by atoms with E-state index in [1.807, 2.05) is 6.92 Å². The molecule has 0 amide bonds. The van der Waals surface area contributed by atoms with Crippen LogP contribution in [0.25, 0.3) is 0 Å². The van der Waals surface area contributed by atoms with Gasteiger partial charge >= 0.3 is 0 Å². The molecule has 2 aromatic carbocycles. The highest BCUT2D eigenvalue weighted by molar-refractivity contribution is 7.92. The first-order valence-electron chi connectivity index (χ1n) is 5.53. The lowest BCUT2D eigenvalue weighted by atomic mass is 10.2. The third-order valence-corrected chi connectivity index (χ3v) is 4.07. The molecule has 0 aliphatic carbocycles. The van der Waals surface area contributed by atoms with Crippen molar-refractivity contribution in [2.45, 2.75) is 11.8 Å². The molecule has 2 rings (SSSR count). The molecular formula is C13H13FN2O2S. The van der Waals surface area contributed by atoms with Crippen LogP contribution >= 0.6 is 0 Å². The summed E-state index contributed by atoms with van der Waals surface area (Å²) < 4.78 is 39.8. The summed E-state index contributed by atoms with van der Waals surface area (Å²) >= 11 is 0. The lowest BCUT2D eigenvalue weighted by Gasteiger charge is -2.10. The van der Waals surface area contributed by atoms with Crippen molar-refractivity contribution in [3.8, 4) is 0 Å². The summed E-state index contributed by atoms with van der Waals surface area (Å²) in [4.78, 5) is -0.394. The van der Waals surface area contributed by atoms with Crippen LogP contribution in [0.4, 0.5) is 15.8 Å². The Morgan fingerprint density at radius 3 is 2.47 bits per heavy atom. The van der Waals surface area contributed by atoms with Crippen LogP contribution in [-0.4, -0.2) is 8.42 Å². The first-order valence-corrected chi connectivity index (χ1v) is 7.02. The van der Waals surface area contributed by atoms with Crippen molar-refractivity contribution in [1.29, 1.82) is 0 Å². The second kappa shape index (κ2) is 4.89. The maximum atomic E-state index is 13.5. The van der Waals surface area contributed by atoms with Gasteiger partial charge in [-0.25, -0.2) is 12.8 Å². The molecule has 0 heterocycles. The van der Waals surface area contributed by atoms with Gasteiger partial charge in [-0.15, -0.1) is 0 Å². The molecule has 19 heavy (non-hydrogen) atoms. The van der Waals surface area contributed by atoms with Crippen molar-refractivity contribution in [2.24, 2.45) is 0 Å². The summed E-state index contributed by atoms with van der Waals surface area (Å²) in [5.74, 6) is -0.796. The summed E-state index contributed by atoms with van der Waals surface area (Å²) in [5.41, 5.74) is 7.30. The van der Waals surface area contributed by atoms with Gasteiger partial charge in [0.1, 0.15) is 10.7 Å². The van der Waals surface area contributed by atoms with E-state index in [0.29, 0.717) is 11.4 Å². The molecule has 0 aromatic heterocycles. The smallest absolute Gasteiger partial charge is 0.264 e. The van der Waals surface area contributed by atoms with Gasteiger partial charge in [-0.1, -0.05) is 18.2 Å². The molecule has 0 atom stereocenters. The van der Waals surface area contributed by atoms with Gasteiger partial charge in [0.25, 0.3) is 10.0 Å². The number of rotatable bonds is 3. The van der Waals surface area contributed by atoms with E-state index in [9.17, 15) is 12.8 Å². The molecule has 0 aliphatic rings. The van der Waals surface area contributed by atoms with Gasteiger partial charge in [0, 0.05) is 5.69 Å². The predicted molar refractivity (Wildman–Crippen MR) is 72.8 cm³/mol. The zero-order valence-corrected chi connectivity index (χ0v) is 11.0. The Labute approximate surface area is 111 Å². The van der Waals surface area contributed by atoms with E-state index >= 15 is 0 Å². The van der Waals surface area contributed by atoms with Gasteiger partial charge < -0.3 is 5.73 Å². The fraction of sp³-hybridized carbons (Fsp3) is 0.0769. The third kappa shape index (κ3) is 2.85. The first kappa shape index (κ1) is 13.4. The summed E-state index contributed by atoms with van der Waals surface area (Å²) in [6, 6.07) is 9.94. The SMILES string of the molecule is Cc1ccc(NS(=O)(=O)c2ccccc2F)cc1N. The van der Waals surface area contributed by atoms with E-state index in [-0.39, 0.29) is 0 Å². The van der Waals surface area contributed by atoms with Gasteiger partial charge in [0.05, 0.1) is 5.69 Å². The Hall–Kier alpha value is -2.08. The van der Waals surface area contributed by atoms with Crippen LogP contribution < -0.4 is 10.5 Å². The number of nitrogens with two attached hydrogens (primary N) is 1. The van der Waals surface area contributed by atoms with Crippen molar-refractivity contribution in [2.75, 3.05) is 10.5 Å². The molecule has 4 nitrogen and oxygen atoms in total. The number of hydrogen-bond donors (Lipinski definition) is 2. The maximum absolute atomic E-state index is 13.5. The highest BCUT2D eigenvalue weighted by Crippen LogP contribution is 2.21. The zero-order chi connectivity index (χ0) is 14.0. The molecule has 0 saturated carbocycles. The van der Waals surface area contributed by atoms with Crippen LogP contribution in [-0.2, 0) is 10.0 Å². The van der Waals surface area contributed by atoms with Crippen LogP contribution in [0.3, 0.4) is 0 Å². The minimum atomic E-state index is -3.95. The topological polar surface area (TPSA) is 72.2 Å². The van der Waals surface area contributed by atoms with Crippen molar-refractivity contribution in [1.82, 2.24) is 0 Å². The molecule has 0 fully saturated rings. The summed E-state index contributed by atoms with van der Waals surface area (Å²) in [7, 11) is -3.95. The Morgan fingerprint density at radius 1 is 1.16 bits per heavy atom. The van der Waals surface area contributed by atoms with Crippen LogP contribution in [0.15, 0.2) is 47.4 Å². The van der Waals surface area contributed by atoms with Crippen molar-refractivity contribution < 1.29 is 12.8 Å². The minimum absolute atomic E-state index is 0.298. The monoisotopic (exact) mass is 280 g/mol. The van der Waals surface area contributed by atoms with Crippen LogP contribution in [0, 0.1) is 12.7 Å². The molecule has 0 spiro atoms. The predicted octanol–water partition coefficient (Wildman–Crippen LogP) is 2.52. The second-order valence-corrected chi connectivity index (χ2v) is 5.76. The standard InChI is InChI=1S/C13H13FN2O2S/c1-9-6-7-10(8-12(9)15)16-19(17,18)13-5-3-2-4-11(13)14/h2-8,16H,15H2,1H3. The maximum Gasteiger partial charge on any atom is 0.264 e. The fourth-order valence-corrected chi connectivity index (χ4v) is 2.71. The molecule has 0 aliphatic heterocycles. The number of hydrogen-bond acceptors (Lipinski definition) is 3. The molecule has 0 bridgehead atoms. The van der Waals surface area contributed by atoms with E-state index in [2.05, 4.69) is 4.72 Å². The number of halogens is 1. The normalized spacial score (nSPS) is 11.3. The minimum Gasteiger partial charge on any atom is -0.398 e. The number of sulfonamides is 1.